The zero-order valence-electron chi connectivity index (χ0n) is 35.6. The summed E-state index contributed by atoms with van der Waals surface area (Å²) in [7, 11) is 0. The average molecular weight is 819 g/mol. The van der Waals surface area contributed by atoms with Crippen LogP contribution in [0.4, 0.5) is 11.4 Å². The third-order valence-corrected chi connectivity index (χ3v) is 14.0. The highest BCUT2D eigenvalue weighted by molar-refractivity contribution is 5.97. The van der Waals surface area contributed by atoms with Crippen molar-refractivity contribution >= 4 is 16.9 Å². The molecule has 13 rings (SSSR count). The molecule has 3 aliphatic carbocycles. The molecule has 0 amide bonds. The van der Waals surface area contributed by atoms with E-state index in [9.17, 15) is 0 Å². The Bertz CT molecular complexity index is 3370. The number of hydrogen-bond donors (Lipinski definition) is 0. The maximum Gasteiger partial charge on any atom is 0.164 e. The predicted octanol–water partition coefficient (Wildman–Crippen LogP) is 14.4. The zero-order valence-corrected chi connectivity index (χ0v) is 35.6. The molecule has 8 aromatic carbocycles. The lowest BCUT2D eigenvalue weighted by Crippen LogP contribution is -2.26. The third kappa shape index (κ3) is 5.39. The molecule has 0 saturated heterocycles. The Kier molecular flexibility index (Phi) is 8.04. The van der Waals surface area contributed by atoms with E-state index in [0.717, 1.165) is 23.1 Å². The molecule has 1 aliphatic heterocycles. The number of allylic oxidation sites excluding steroid dienone is 4. The molecule has 0 fully saturated rings. The summed E-state index contributed by atoms with van der Waals surface area (Å²) in [4.78, 5) is 17.9. The summed E-state index contributed by atoms with van der Waals surface area (Å²) < 4.78 is 0. The van der Waals surface area contributed by atoms with Crippen molar-refractivity contribution in [2.75, 3.05) is 4.90 Å². The van der Waals surface area contributed by atoms with E-state index < -0.39 is 5.41 Å². The van der Waals surface area contributed by atoms with Crippen LogP contribution in [0.3, 0.4) is 0 Å². The lowest BCUT2D eigenvalue weighted by atomic mass is 9.70. The molecule has 4 nitrogen and oxygen atoms in total. The summed E-state index contributed by atoms with van der Waals surface area (Å²) >= 11 is 0. The fourth-order valence-electron chi connectivity index (χ4n) is 11.1. The summed E-state index contributed by atoms with van der Waals surface area (Å²) in [5.41, 5.74) is 23.0. The van der Waals surface area contributed by atoms with Gasteiger partial charge in [0.1, 0.15) is 0 Å². The van der Waals surface area contributed by atoms with Crippen molar-refractivity contribution in [3.63, 3.8) is 0 Å². The molecule has 0 bridgehead atoms. The SMILES string of the molecule is Cc1ccc(N2C3=CC=C(c4ccc5c(c4)C4(c6ccccc6-5)c5ccccc5-c5ccc(-c6nc(-c7ccccc7)nc(-c7ccccc7)n6)cc54)CC3c3cc(C)ccc32)cc1. The zero-order chi connectivity index (χ0) is 42.5. The molecule has 0 N–H and O–H groups in total. The highest BCUT2D eigenvalue weighted by Crippen LogP contribution is 2.63. The van der Waals surface area contributed by atoms with Crippen LogP contribution in [0.1, 0.15) is 56.8 Å². The van der Waals surface area contributed by atoms with Gasteiger partial charge < -0.3 is 4.90 Å². The Morgan fingerprint density at radius 1 is 0.438 bits per heavy atom. The van der Waals surface area contributed by atoms with Gasteiger partial charge in [0.15, 0.2) is 17.5 Å². The van der Waals surface area contributed by atoms with Gasteiger partial charge in [-0.05, 0) is 118 Å². The molecule has 302 valence electrons. The fourth-order valence-corrected chi connectivity index (χ4v) is 11.1. The number of aromatic nitrogens is 3. The van der Waals surface area contributed by atoms with Gasteiger partial charge in [-0.25, -0.2) is 15.0 Å². The normalized spacial score (nSPS) is 17.2. The summed E-state index contributed by atoms with van der Waals surface area (Å²) in [6, 6.07) is 68.6. The van der Waals surface area contributed by atoms with Crippen LogP contribution in [0.15, 0.2) is 206 Å². The Morgan fingerprint density at radius 2 is 0.953 bits per heavy atom. The molecule has 4 heteroatoms. The van der Waals surface area contributed by atoms with Crippen LogP contribution in [0.2, 0.25) is 0 Å². The molecule has 1 aromatic heterocycles. The fraction of sp³-hybridized carbons (Fsp3) is 0.0833. The number of aryl methyl sites for hydroxylation is 2. The molecular weight excluding hydrogens is 777 g/mol. The minimum Gasteiger partial charge on any atom is -0.313 e. The highest BCUT2D eigenvalue weighted by atomic mass is 15.2. The topological polar surface area (TPSA) is 41.9 Å². The van der Waals surface area contributed by atoms with E-state index in [1.54, 1.807) is 0 Å². The van der Waals surface area contributed by atoms with E-state index in [4.69, 9.17) is 15.0 Å². The molecule has 0 radical (unpaired) electrons. The maximum absolute atomic E-state index is 5.19. The van der Waals surface area contributed by atoms with Crippen molar-refractivity contribution in [1.82, 2.24) is 15.0 Å². The van der Waals surface area contributed by atoms with Gasteiger partial charge in [0.25, 0.3) is 0 Å². The first kappa shape index (κ1) is 36.7. The van der Waals surface area contributed by atoms with Crippen LogP contribution in [-0.4, -0.2) is 15.0 Å². The van der Waals surface area contributed by atoms with E-state index in [2.05, 4.69) is 183 Å². The summed E-state index contributed by atoms with van der Waals surface area (Å²) in [6.45, 7) is 4.37. The number of rotatable bonds is 5. The average Bonchev–Trinajstić information content (AvgIpc) is 3.95. The van der Waals surface area contributed by atoms with E-state index in [-0.39, 0.29) is 5.92 Å². The molecule has 2 atom stereocenters. The van der Waals surface area contributed by atoms with Gasteiger partial charge >= 0.3 is 0 Å². The van der Waals surface area contributed by atoms with Crippen molar-refractivity contribution in [3.05, 3.63) is 250 Å². The lowest BCUT2D eigenvalue weighted by molar-refractivity contribution is 0.792. The molecule has 0 saturated carbocycles. The largest absolute Gasteiger partial charge is 0.313 e. The van der Waals surface area contributed by atoms with Crippen molar-refractivity contribution in [1.29, 1.82) is 0 Å². The molecule has 9 aromatic rings. The van der Waals surface area contributed by atoms with Gasteiger partial charge in [0, 0.05) is 39.7 Å². The van der Waals surface area contributed by atoms with Crippen molar-refractivity contribution in [2.45, 2.75) is 31.6 Å². The Balaban J connectivity index is 0.990. The second-order valence-corrected chi connectivity index (χ2v) is 17.7. The Hall–Kier alpha value is -7.95. The second kappa shape index (κ2) is 14.0. The van der Waals surface area contributed by atoms with Crippen LogP contribution in [-0.2, 0) is 5.41 Å². The first-order valence-electron chi connectivity index (χ1n) is 22.3. The third-order valence-electron chi connectivity index (χ3n) is 14.0. The molecule has 4 aliphatic rings. The quantitative estimate of drug-likeness (QED) is 0.173. The van der Waals surface area contributed by atoms with Crippen molar-refractivity contribution < 1.29 is 0 Å². The van der Waals surface area contributed by atoms with Crippen LogP contribution >= 0.6 is 0 Å². The molecular formula is C60H42N4. The molecule has 2 unspecified atom stereocenters. The predicted molar refractivity (Wildman–Crippen MR) is 260 cm³/mol. The van der Waals surface area contributed by atoms with E-state index in [1.807, 2.05) is 36.4 Å². The second-order valence-electron chi connectivity index (χ2n) is 17.7. The summed E-state index contributed by atoms with van der Waals surface area (Å²) in [6.07, 6.45) is 5.69. The minimum absolute atomic E-state index is 0.257. The maximum atomic E-state index is 5.19. The van der Waals surface area contributed by atoms with Crippen LogP contribution < -0.4 is 4.90 Å². The number of benzene rings is 8. The molecule has 1 spiro atoms. The first-order valence-corrected chi connectivity index (χ1v) is 22.3. The molecule has 2 heterocycles. The Labute approximate surface area is 373 Å². The number of nitrogens with zero attached hydrogens (tertiary/aromatic N) is 4. The van der Waals surface area contributed by atoms with Crippen LogP contribution in [0, 0.1) is 13.8 Å². The van der Waals surface area contributed by atoms with E-state index in [0.29, 0.717) is 17.5 Å². The van der Waals surface area contributed by atoms with E-state index in [1.165, 1.54) is 89.4 Å². The highest BCUT2D eigenvalue weighted by Gasteiger charge is 2.52. The van der Waals surface area contributed by atoms with Crippen molar-refractivity contribution in [3.8, 4) is 56.4 Å². The van der Waals surface area contributed by atoms with Crippen molar-refractivity contribution in [2.24, 2.45) is 0 Å². The number of fused-ring (bicyclic) bond motifs is 13. The number of hydrogen-bond acceptors (Lipinski definition) is 4. The minimum atomic E-state index is -0.545. The van der Waals surface area contributed by atoms with Gasteiger partial charge in [0.05, 0.1) is 5.41 Å². The summed E-state index contributed by atoms with van der Waals surface area (Å²) in [5.74, 6) is 2.23. The lowest BCUT2D eigenvalue weighted by Gasteiger charge is -2.31. The van der Waals surface area contributed by atoms with Gasteiger partial charge in [-0.2, -0.15) is 0 Å². The van der Waals surface area contributed by atoms with Gasteiger partial charge in [-0.3, -0.25) is 0 Å². The standard InChI is InChI=1S/C60H42N4/c1-37-21-27-44(28-22-37)64-55-31-23-38(2)33-49(55)50-34-41(26-32-56(50)64)42-24-29-47-45-17-9-11-19-51(45)60(53(47)35-42)52-20-12-10-18-46(52)48-30-25-43(36-54(48)60)59-62-57(39-13-5-3-6-14-39)61-58(63-59)40-15-7-4-8-16-40/h3-33,35-36,50H,34H2,1-2H3. The number of anilines is 2. The van der Waals surface area contributed by atoms with Crippen LogP contribution in [0.5, 0.6) is 0 Å². The van der Waals surface area contributed by atoms with Gasteiger partial charge in [-0.15, -0.1) is 0 Å². The van der Waals surface area contributed by atoms with Crippen LogP contribution in [0.25, 0.3) is 62.0 Å². The first-order chi connectivity index (χ1) is 31.5. The smallest absolute Gasteiger partial charge is 0.164 e. The molecule has 64 heavy (non-hydrogen) atoms. The van der Waals surface area contributed by atoms with E-state index >= 15 is 0 Å². The summed E-state index contributed by atoms with van der Waals surface area (Å²) in [5, 5.41) is 0. The monoisotopic (exact) mass is 818 g/mol. The Morgan fingerprint density at radius 3 is 1.58 bits per heavy atom. The van der Waals surface area contributed by atoms with Gasteiger partial charge in [-0.1, -0.05) is 175 Å². The van der Waals surface area contributed by atoms with Gasteiger partial charge in [0.2, 0.25) is 0 Å².